The largest absolute Gasteiger partial charge is 0.790 e. The van der Waals surface area contributed by atoms with Crippen molar-refractivity contribution in [1.82, 2.24) is 0 Å². The van der Waals surface area contributed by atoms with Gasteiger partial charge in [-0.3, -0.25) is 0 Å². The molecule has 32 heavy (non-hydrogen) atoms. The van der Waals surface area contributed by atoms with E-state index in [1.54, 1.807) is 0 Å². The predicted molar refractivity (Wildman–Crippen MR) is 58.9 cm³/mol. The topological polar surface area (TPSA) is 72.4 Å². The molecule has 0 aliphatic heterocycles. The quantitative estimate of drug-likeness (QED) is 0.306. The summed E-state index contributed by atoms with van der Waals surface area (Å²) >= 11 is 0. The van der Waals surface area contributed by atoms with E-state index in [1.165, 1.54) is 0 Å². The molecule has 22 heteroatoms. The van der Waals surface area contributed by atoms with E-state index in [2.05, 4.69) is 4.52 Å². The number of phosphoric ester groups is 1. The lowest BCUT2D eigenvalue weighted by atomic mass is 9.88. The molecule has 0 aliphatic rings. The maximum atomic E-state index is 13.3. The summed E-state index contributed by atoms with van der Waals surface area (Å²) in [6, 6.07) is 0. The van der Waals surface area contributed by atoms with E-state index >= 15 is 0 Å². The van der Waals surface area contributed by atoms with Gasteiger partial charge in [-0.05, 0) is 0 Å². The molecule has 0 amide bonds. The zero-order chi connectivity index (χ0) is 26.6. The Balaban J connectivity index is 6.44. The van der Waals surface area contributed by atoms with Crippen LogP contribution in [0.5, 0.6) is 0 Å². The second kappa shape index (κ2) is 8.00. The van der Waals surface area contributed by atoms with Gasteiger partial charge in [-0.15, -0.1) is 0 Å². The molecule has 0 bridgehead atoms. The molecular formula is C10H4F17O4P-2. The highest BCUT2D eigenvalue weighted by Gasteiger charge is 2.95. The second-order valence-corrected chi connectivity index (χ2v) is 6.83. The van der Waals surface area contributed by atoms with Crippen molar-refractivity contribution in [2.75, 3.05) is 6.61 Å². The summed E-state index contributed by atoms with van der Waals surface area (Å²) in [6.07, 6.45) is -11.0. The molecule has 0 heterocycles. The molecule has 0 unspecified atom stereocenters. The van der Waals surface area contributed by atoms with Gasteiger partial charge in [0.05, 0.1) is 14.4 Å². The minimum Gasteiger partial charge on any atom is -0.790 e. The molecule has 0 fully saturated rings. The smallest absolute Gasteiger partial charge is 0.460 e. The summed E-state index contributed by atoms with van der Waals surface area (Å²) in [6.45, 7) is -2.49. The molecule has 0 aromatic carbocycles. The van der Waals surface area contributed by atoms with E-state index in [0.29, 0.717) is 0 Å². The van der Waals surface area contributed by atoms with Gasteiger partial charge in [0, 0.05) is 6.42 Å². The molecule has 0 aliphatic carbocycles. The fraction of sp³-hybridized carbons (Fsp3) is 1.00. The van der Waals surface area contributed by atoms with Gasteiger partial charge in [0.25, 0.3) is 0 Å². The number of phosphoric acid groups is 1. The van der Waals surface area contributed by atoms with E-state index < -0.39 is 68.5 Å². The van der Waals surface area contributed by atoms with Gasteiger partial charge < -0.3 is 18.9 Å². The molecule has 0 atom stereocenters. The van der Waals surface area contributed by atoms with Gasteiger partial charge in [-0.2, -0.15) is 74.6 Å². The third-order valence-corrected chi connectivity index (χ3v) is 3.95. The molecular weight excluding hydrogens is 538 g/mol. The van der Waals surface area contributed by atoms with Crippen molar-refractivity contribution in [3.8, 4) is 0 Å². The van der Waals surface area contributed by atoms with Crippen molar-refractivity contribution in [3.05, 3.63) is 0 Å². The van der Waals surface area contributed by atoms with Crippen LogP contribution in [0.25, 0.3) is 0 Å². The van der Waals surface area contributed by atoms with Crippen LogP contribution in [0.3, 0.4) is 0 Å². The Hall–Kier alpha value is -1.08. The van der Waals surface area contributed by atoms with Crippen molar-refractivity contribution in [3.63, 3.8) is 0 Å². The number of hydrogen-bond donors (Lipinski definition) is 0. The van der Waals surface area contributed by atoms with Gasteiger partial charge >= 0.3 is 47.6 Å². The van der Waals surface area contributed by atoms with Crippen LogP contribution in [0.1, 0.15) is 6.42 Å². The van der Waals surface area contributed by atoms with Crippen molar-refractivity contribution >= 4 is 7.82 Å². The summed E-state index contributed by atoms with van der Waals surface area (Å²) < 4.78 is 232. The summed E-state index contributed by atoms with van der Waals surface area (Å²) in [7, 11) is -6.28. The van der Waals surface area contributed by atoms with Gasteiger partial charge in [-0.1, -0.05) is 0 Å². The van der Waals surface area contributed by atoms with Crippen LogP contribution in [0, 0.1) is 0 Å². The van der Waals surface area contributed by atoms with E-state index in [4.69, 9.17) is 0 Å². The third kappa shape index (κ3) is 4.61. The van der Waals surface area contributed by atoms with E-state index in [-0.39, 0.29) is 0 Å². The Morgan fingerprint density at radius 2 is 0.812 bits per heavy atom. The lowest BCUT2D eigenvalue weighted by molar-refractivity contribution is -0.462. The summed E-state index contributed by atoms with van der Waals surface area (Å²) in [4.78, 5) is 19.9. The SMILES string of the molecule is O=P([O-])([O-])OCCC(F)(F)C(F)(F)C(F)(F)C(F)(F)C(F)(F)C(F)(F)C(F)(F)C(F)(F)F. The van der Waals surface area contributed by atoms with Crippen LogP contribution >= 0.6 is 7.82 Å². The Bertz CT molecular complexity index is 723. The molecule has 0 aromatic rings. The zero-order valence-electron chi connectivity index (χ0n) is 13.9. The first-order valence-electron chi connectivity index (χ1n) is 6.84. The zero-order valence-corrected chi connectivity index (χ0v) is 14.8. The Morgan fingerprint density at radius 1 is 0.531 bits per heavy atom. The fourth-order valence-corrected chi connectivity index (χ4v) is 1.95. The molecule has 0 saturated carbocycles. The minimum atomic E-state index is -8.75. The molecule has 0 saturated heterocycles. The maximum absolute atomic E-state index is 13.3. The molecule has 194 valence electrons. The van der Waals surface area contributed by atoms with Crippen molar-refractivity contribution < 1.29 is 93.5 Å². The van der Waals surface area contributed by atoms with Crippen LogP contribution in [-0.2, 0) is 9.09 Å². The first kappa shape index (κ1) is 30.9. The second-order valence-electron chi connectivity index (χ2n) is 5.68. The minimum absolute atomic E-state index is 2.49. The van der Waals surface area contributed by atoms with E-state index in [0.717, 1.165) is 0 Å². The van der Waals surface area contributed by atoms with Crippen LogP contribution in [0.4, 0.5) is 74.6 Å². The highest BCUT2D eigenvalue weighted by Crippen LogP contribution is 2.64. The lowest BCUT2D eigenvalue weighted by Crippen LogP contribution is -2.74. The standard InChI is InChI=1S/C10H6F17O4P/c11-3(12,1-2-31-32(28,29)30)4(13,14)5(15,16)6(17,18)7(19,20)8(21,22)9(23,24)10(25,26)27/h1-2H2,(H2,28,29,30)/p-2. The number of alkyl halides is 17. The number of rotatable bonds is 10. The van der Waals surface area contributed by atoms with Crippen LogP contribution < -0.4 is 9.79 Å². The Morgan fingerprint density at radius 3 is 1.09 bits per heavy atom. The molecule has 0 rings (SSSR count). The maximum Gasteiger partial charge on any atom is 0.460 e. The molecule has 0 spiro atoms. The highest BCUT2D eigenvalue weighted by molar-refractivity contribution is 7.43. The summed E-state index contributed by atoms with van der Waals surface area (Å²) in [5.41, 5.74) is 0. The van der Waals surface area contributed by atoms with E-state index in [1.807, 2.05) is 0 Å². The normalized spacial score (nSPS) is 16.5. The highest BCUT2D eigenvalue weighted by atomic mass is 31.2. The van der Waals surface area contributed by atoms with Crippen molar-refractivity contribution in [1.29, 1.82) is 0 Å². The number of halogens is 17. The van der Waals surface area contributed by atoms with Crippen molar-refractivity contribution in [2.45, 2.75) is 54.1 Å². The molecule has 4 nitrogen and oxygen atoms in total. The molecule has 0 N–H and O–H groups in total. The summed E-state index contributed by atoms with van der Waals surface area (Å²) in [5.74, 6) is -57.6. The average molecular weight is 542 g/mol. The monoisotopic (exact) mass is 542 g/mol. The van der Waals surface area contributed by atoms with Crippen molar-refractivity contribution in [2.24, 2.45) is 0 Å². The fourth-order valence-electron chi connectivity index (χ4n) is 1.64. The van der Waals surface area contributed by atoms with Gasteiger partial charge in [0.2, 0.25) is 0 Å². The third-order valence-electron chi connectivity index (χ3n) is 3.45. The van der Waals surface area contributed by atoms with Crippen LogP contribution in [0.15, 0.2) is 0 Å². The van der Waals surface area contributed by atoms with Gasteiger partial charge in [0.1, 0.15) is 0 Å². The predicted octanol–water partition coefficient (Wildman–Crippen LogP) is 4.23. The van der Waals surface area contributed by atoms with E-state index in [9.17, 15) is 89.0 Å². The first-order chi connectivity index (χ1) is 13.5. The molecule has 0 aromatic heterocycles. The lowest BCUT2D eigenvalue weighted by Gasteiger charge is -2.43. The summed E-state index contributed by atoms with van der Waals surface area (Å²) in [5, 5.41) is 0. The molecule has 0 radical (unpaired) electrons. The average Bonchev–Trinajstić information content (AvgIpc) is 2.50. The van der Waals surface area contributed by atoms with Crippen LogP contribution in [0.2, 0.25) is 0 Å². The van der Waals surface area contributed by atoms with Gasteiger partial charge in [0.15, 0.2) is 0 Å². The number of hydrogen-bond acceptors (Lipinski definition) is 4. The Labute approximate surface area is 163 Å². The first-order valence-corrected chi connectivity index (χ1v) is 8.30. The van der Waals surface area contributed by atoms with Crippen LogP contribution in [-0.4, -0.2) is 54.2 Å². The van der Waals surface area contributed by atoms with Gasteiger partial charge in [-0.25, -0.2) is 0 Å². The Kier molecular flexibility index (Phi) is 7.73.